The topological polar surface area (TPSA) is 69.4 Å². The predicted octanol–water partition coefficient (Wildman–Crippen LogP) is 3.88. The van der Waals surface area contributed by atoms with Gasteiger partial charge in [-0.15, -0.1) is 0 Å². The SMILES string of the molecule is Cc1ccc2nc(C(NCc3cc(C#N)n(C)c3C)C(C)C)[nH]c2c1. The van der Waals surface area contributed by atoms with Crippen molar-refractivity contribution < 1.29 is 0 Å². The van der Waals surface area contributed by atoms with Gasteiger partial charge in [0.1, 0.15) is 17.6 Å². The predicted molar refractivity (Wildman–Crippen MR) is 100 cm³/mol. The quantitative estimate of drug-likeness (QED) is 0.743. The molecule has 2 N–H and O–H groups in total. The maximum Gasteiger partial charge on any atom is 0.124 e. The van der Waals surface area contributed by atoms with Gasteiger partial charge >= 0.3 is 0 Å². The van der Waals surface area contributed by atoms with Crippen LogP contribution in [0.4, 0.5) is 0 Å². The minimum Gasteiger partial charge on any atom is -0.341 e. The number of aryl methyl sites for hydroxylation is 1. The number of fused-ring (bicyclic) bond motifs is 1. The van der Waals surface area contributed by atoms with E-state index in [0.29, 0.717) is 18.2 Å². The summed E-state index contributed by atoms with van der Waals surface area (Å²) in [7, 11) is 1.93. The van der Waals surface area contributed by atoms with E-state index in [4.69, 9.17) is 4.98 Å². The second-order valence-corrected chi connectivity index (χ2v) is 7.06. The maximum absolute atomic E-state index is 9.20. The number of benzene rings is 1. The lowest BCUT2D eigenvalue weighted by atomic mass is 10.0. The first-order valence-electron chi connectivity index (χ1n) is 8.65. The van der Waals surface area contributed by atoms with Crippen molar-refractivity contribution in [1.82, 2.24) is 19.9 Å². The molecule has 0 saturated carbocycles. The standard InChI is InChI=1S/C20H25N5/c1-12(2)19(20-23-17-7-6-13(3)8-18(17)24-20)22-11-15-9-16(10-21)25(5)14(15)4/h6-9,12,19,22H,11H2,1-5H3,(H,23,24). The average Bonchev–Trinajstić information content (AvgIpc) is 3.09. The van der Waals surface area contributed by atoms with Crippen molar-refractivity contribution in [2.45, 2.75) is 40.3 Å². The lowest BCUT2D eigenvalue weighted by Gasteiger charge is -2.20. The van der Waals surface area contributed by atoms with E-state index in [0.717, 1.165) is 28.1 Å². The molecule has 3 rings (SSSR count). The molecule has 25 heavy (non-hydrogen) atoms. The summed E-state index contributed by atoms with van der Waals surface area (Å²) in [6, 6.07) is 10.6. The second-order valence-electron chi connectivity index (χ2n) is 7.06. The first-order chi connectivity index (χ1) is 11.9. The van der Waals surface area contributed by atoms with Crippen LogP contribution in [0, 0.1) is 31.1 Å². The zero-order chi connectivity index (χ0) is 18.1. The Kier molecular flexibility index (Phi) is 4.65. The summed E-state index contributed by atoms with van der Waals surface area (Å²) in [6.45, 7) is 9.22. The highest BCUT2D eigenvalue weighted by Gasteiger charge is 2.20. The number of nitrogens with zero attached hydrogens (tertiary/aromatic N) is 3. The van der Waals surface area contributed by atoms with Gasteiger partial charge in [0.25, 0.3) is 0 Å². The zero-order valence-electron chi connectivity index (χ0n) is 15.5. The van der Waals surface area contributed by atoms with Crippen LogP contribution in [0.15, 0.2) is 24.3 Å². The molecule has 0 amide bonds. The van der Waals surface area contributed by atoms with E-state index in [2.05, 4.69) is 55.3 Å². The van der Waals surface area contributed by atoms with Crippen molar-refractivity contribution in [3.05, 3.63) is 52.6 Å². The van der Waals surface area contributed by atoms with Gasteiger partial charge in [-0.2, -0.15) is 5.26 Å². The average molecular weight is 335 g/mol. The van der Waals surface area contributed by atoms with Crippen LogP contribution < -0.4 is 5.32 Å². The molecular formula is C20H25N5. The summed E-state index contributed by atoms with van der Waals surface area (Å²) in [4.78, 5) is 8.24. The van der Waals surface area contributed by atoms with Crippen molar-refractivity contribution in [1.29, 1.82) is 5.26 Å². The fourth-order valence-electron chi connectivity index (χ4n) is 3.21. The van der Waals surface area contributed by atoms with Gasteiger partial charge in [-0.05, 0) is 49.1 Å². The molecule has 2 aromatic heterocycles. The first-order valence-corrected chi connectivity index (χ1v) is 8.65. The number of nitriles is 1. The van der Waals surface area contributed by atoms with Crippen LogP contribution in [0.3, 0.4) is 0 Å². The molecule has 0 bridgehead atoms. The third kappa shape index (κ3) is 3.31. The third-order valence-corrected chi connectivity index (χ3v) is 4.88. The summed E-state index contributed by atoms with van der Waals surface area (Å²) in [5.41, 5.74) is 6.25. The number of aromatic nitrogens is 3. The molecule has 130 valence electrons. The number of aromatic amines is 1. The number of rotatable bonds is 5. The molecule has 0 aliphatic rings. The van der Waals surface area contributed by atoms with Gasteiger partial charge in [0.05, 0.1) is 17.1 Å². The molecule has 1 atom stereocenters. The number of hydrogen-bond acceptors (Lipinski definition) is 3. The summed E-state index contributed by atoms with van der Waals surface area (Å²) < 4.78 is 1.94. The molecule has 1 aromatic carbocycles. The molecule has 0 spiro atoms. The summed E-state index contributed by atoms with van der Waals surface area (Å²) in [5.74, 6) is 1.35. The summed E-state index contributed by atoms with van der Waals surface area (Å²) >= 11 is 0. The van der Waals surface area contributed by atoms with E-state index in [-0.39, 0.29) is 6.04 Å². The zero-order valence-corrected chi connectivity index (χ0v) is 15.5. The highest BCUT2D eigenvalue weighted by atomic mass is 15.0. The molecule has 3 aromatic rings. The number of imidazole rings is 1. The fraction of sp³-hybridized carbons (Fsp3) is 0.400. The molecule has 5 heteroatoms. The maximum atomic E-state index is 9.20. The van der Waals surface area contributed by atoms with Gasteiger partial charge in [0.15, 0.2) is 0 Å². The lowest BCUT2D eigenvalue weighted by Crippen LogP contribution is -2.26. The number of nitrogens with one attached hydrogen (secondary N) is 2. The van der Waals surface area contributed by atoms with E-state index < -0.39 is 0 Å². The first kappa shape index (κ1) is 17.2. The molecule has 2 heterocycles. The molecule has 0 aliphatic carbocycles. The Labute approximate surface area is 148 Å². The van der Waals surface area contributed by atoms with Crippen LogP contribution >= 0.6 is 0 Å². The van der Waals surface area contributed by atoms with Gasteiger partial charge in [0, 0.05) is 19.3 Å². The smallest absolute Gasteiger partial charge is 0.124 e. The van der Waals surface area contributed by atoms with Gasteiger partial charge in [0.2, 0.25) is 0 Å². The second kappa shape index (κ2) is 6.73. The van der Waals surface area contributed by atoms with E-state index in [9.17, 15) is 5.26 Å². The van der Waals surface area contributed by atoms with E-state index in [1.807, 2.05) is 24.6 Å². The highest BCUT2D eigenvalue weighted by molar-refractivity contribution is 5.75. The van der Waals surface area contributed by atoms with Crippen molar-refractivity contribution in [2.75, 3.05) is 0 Å². The highest BCUT2D eigenvalue weighted by Crippen LogP contribution is 2.24. The van der Waals surface area contributed by atoms with Crippen molar-refractivity contribution in [3.8, 4) is 6.07 Å². The molecule has 0 saturated heterocycles. The van der Waals surface area contributed by atoms with Crippen LogP contribution in [0.25, 0.3) is 11.0 Å². The fourth-order valence-corrected chi connectivity index (χ4v) is 3.21. The van der Waals surface area contributed by atoms with Gasteiger partial charge in [-0.1, -0.05) is 19.9 Å². The Morgan fingerprint density at radius 2 is 2.04 bits per heavy atom. The van der Waals surface area contributed by atoms with Crippen LogP contribution in [-0.2, 0) is 13.6 Å². The Morgan fingerprint density at radius 1 is 1.28 bits per heavy atom. The summed E-state index contributed by atoms with van der Waals surface area (Å²) in [6.07, 6.45) is 0. The van der Waals surface area contributed by atoms with Crippen molar-refractivity contribution >= 4 is 11.0 Å². The minimum atomic E-state index is 0.123. The minimum absolute atomic E-state index is 0.123. The van der Waals surface area contributed by atoms with E-state index >= 15 is 0 Å². The van der Waals surface area contributed by atoms with Crippen molar-refractivity contribution in [3.63, 3.8) is 0 Å². The molecular weight excluding hydrogens is 310 g/mol. The Hall–Kier alpha value is -2.58. The normalized spacial score (nSPS) is 12.7. The van der Waals surface area contributed by atoms with Crippen LogP contribution in [0.5, 0.6) is 0 Å². The Balaban J connectivity index is 1.85. The van der Waals surface area contributed by atoms with Crippen molar-refractivity contribution in [2.24, 2.45) is 13.0 Å². The van der Waals surface area contributed by atoms with Gasteiger partial charge in [-0.25, -0.2) is 4.98 Å². The largest absolute Gasteiger partial charge is 0.341 e. The number of H-pyrrole nitrogens is 1. The monoisotopic (exact) mass is 335 g/mol. The third-order valence-electron chi connectivity index (χ3n) is 4.88. The van der Waals surface area contributed by atoms with Crippen LogP contribution in [-0.4, -0.2) is 14.5 Å². The Morgan fingerprint density at radius 3 is 2.68 bits per heavy atom. The lowest BCUT2D eigenvalue weighted by molar-refractivity contribution is 0.395. The van der Waals surface area contributed by atoms with Crippen LogP contribution in [0.1, 0.15) is 48.2 Å². The summed E-state index contributed by atoms with van der Waals surface area (Å²) in [5, 5.41) is 12.8. The molecule has 0 aliphatic heterocycles. The molecule has 0 fully saturated rings. The van der Waals surface area contributed by atoms with E-state index in [1.54, 1.807) is 0 Å². The van der Waals surface area contributed by atoms with Crippen LogP contribution in [0.2, 0.25) is 0 Å². The van der Waals surface area contributed by atoms with Gasteiger partial charge < -0.3 is 14.9 Å². The Bertz CT molecular complexity index is 939. The van der Waals surface area contributed by atoms with Gasteiger partial charge in [-0.3, -0.25) is 0 Å². The number of hydrogen-bond donors (Lipinski definition) is 2. The molecule has 0 radical (unpaired) electrons. The molecule has 1 unspecified atom stereocenters. The molecule has 5 nitrogen and oxygen atoms in total. The van der Waals surface area contributed by atoms with E-state index in [1.165, 1.54) is 5.56 Å².